The van der Waals surface area contributed by atoms with Gasteiger partial charge in [-0.3, -0.25) is 14.5 Å². The number of fused-ring (bicyclic) bond motifs is 1. The summed E-state index contributed by atoms with van der Waals surface area (Å²) < 4.78 is 79.8. The molecule has 5 aromatic rings. The van der Waals surface area contributed by atoms with E-state index in [-0.39, 0.29) is 22.6 Å². The van der Waals surface area contributed by atoms with E-state index >= 15 is 0 Å². The lowest BCUT2D eigenvalue weighted by Gasteiger charge is -2.21. The summed E-state index contributed by atoms with van der Waals surface area (Å²) >= 11 is 0. The van der Waals surface area contributed by atoms with Crippen LogP contribution in [0, 0.1) is 0 Å². The minimum Gasteiger partial charge on any atom is -0.322 e. The number of anilines is 3. The molecule has 0 heterocycles. The van der Waals surface area contributed by atoms with E-state index in [4.69, 9.17) is 0 Å². The molecular formula is C32H20F6N2O2. The first-order valence-electron chi connectivity index (χ1n) is 12.5. The maximum Gasteiger partial charge on any atom is 0.416 e. The van der Waals surface area contributed by atoms with Crippen LogP contribution in [0.15, 0.2) is 109 Å². The lowest BCUT2D eigenvalue weighted by molar-refractivity contribution is -0.138. The Morgan fingerprint density at radius 3 is 1.98 bits per heavy atom. The second-order valence-corrected chi connectivity index (χ2v) is 9.39. The lowest BCUT2D eigenvalue weighted by atomic mass is 9.98. The molecule has 212 valence electrons. The Kier molecular flexibility index (Phi) is 7.47. The van der Waals surface area contributed by atoms with Crippen LogP contribution in [0.4, 0.5) is 43.4 Å². The van der Waals surface area contributed by atoms with E-state index < -0.39 is 29.4 Å². The molecule has 0 unspecified atom stereocenters. The van der Waals surface area contributed by atoms with Gasteiger partial charge in [0.25, 0.3) is 5.91 Å². The number of benzene rings is 5. The van der Waals surface area contributed by atoms with Gasteiger partial charge in [-0.15, -0.1) is 0 Å². The third-order valence-electron chi connectivity index (χ3n) is 6.55. The molecule has 0 aliphatic heterocycles. The van der Waals surface area contributed by atoms with Gasteiger partial charge in [-0.25, -0.2) is 0 Å². The fraction of sp³-hybridized carbons (Fsp3) is 0.0625. The standard InChI is InChI=1S/C32H20F6N2O2/c33-31(34,35)25-7-3-9-27(17-25)39-30(42)24-14-23(22-12-11-20-5-1-2-6-21(20)13-22)15-29(16-24)40(19-41)28-10-4-8-26(18-28)32(36,37)38/h1-19H,(H,39,42). The highest BCUT2D eigenvalue weighted by molar-refractivity contribution is 6.06. The maximum absolute atomic E-state index is 13.4. The number of nitrogens with one attached hydrogen (secondary N) is 1. The molecule has 0 saturated heterocycles. The molecule has 1 N–H and O–H groups in total. The third-order valence-corrected chi connectivity index (χ3v) is 6.55. The van der Waals surface area contributed by atoms with Crippen molar-refractivity contribution in [3.63, 3.8) is 0 Å². The van der Waals surface area contributed by atoms with Crippen LogP contribution in [0.1, 0.15) is 21.5 Å². The van der Waals surface area contributed by atoms with Crippen molar-refractivity contribution in [3.05, 3.63) is 126 Å². The second kappa shape index (κ2) is 11.0. The summed E-state index contributed by atoms with van der Waals surface area (Å²) in [5.41, 5.74) is -1.01. The van der Waals surface area contributed by atoms with Crippen molar-refractivity contribution in [1.82, 2.24) is 0 Å². The number of alkyl halides is 6. The fourth-order valence-electron chi connectivity index (χ4n) is 4.50. The van der Waals surface area contributed by atoms with Crippen molar-refractivity contribution >= 4 is 40.2 Å². The van der Waals surface area contributed by atoms with E-state index in [1.54, 1.807) is 12.1 Å². The monoisotopic (exact) mass is 578 g/mol. The normalized spacial score (nSPS) is 11.8. The predicted molar refractivity (Wildman–Crippen MR) is 148 cm³/mol. The molecule has 4 nitrogen and oxygen atoms in total. The van der Waals surface area contributed by atoms with Crippen LogP contribution in [0.3, 0.4) is 0 Å². The predicted octanol–water partition coefficient (Wildman–Crippen LogP) is 9.09. The zero-order valence-electron chi connectivity index (χ0n) is 21.5. The van der Waals surface area contributed by atoms with Gasteiger partial charge in [0.15, 0.2) is 0 Å². The average molecular weight is 579 g/mol. The Morgan fingerprint density at radius 2 is 1.29 bits per heavy atom. The highest BCUT2D eigenvalue weighted by atomic mass is 19.4. The molecular weight excluding hydrogens is 558 g/mol. The highest BCUT2D eigenvalue weighted by Gasteiger charge is 2.32. The average Bonchev–Trinajstić information content (AvgIpc) is 2.96. The fourth-order valence-corrected chi connectivity index (χ4v) is 4.50. The molecule has 0 saturated carbocycles. The zero-order chi connectivity index (χ0) is 30.1. The van der Waals surface area contributed by atoms with Crippen LogP contribution in [0.25, 0.3) is 21.9 Å². The van der Waals surface area contributed by atoms with E-state index in [0.717, 1.165) is 52.1 Å². The van der Waals surface area contributed by atoms with Gasteiger partial charge in [-0.2, -0.15) is 26.3 Å². The molecule has 2 amide bonds. The molecule has 5 rings (SSSR count). The van der Waals surface area contributed by atoms with Gasteiger partial charge in [0.05, 0.1) is 16.8 Å². The Bertz CT molecular complexity index is 1800. The van der Waals surface area contributed by atoms with Crippen molar-refractivity contribution < 1.29 is 35.9 Å². The quantitative estimate of drug-likeness (QED) is 0.161. The van der Waals surface area contributed by atoms with E-state index in [1.165, 1.54) is 24.3 Å². The van der Waals surface area contributed by atoms with Gasteiger partial charge in [0.2, 0.25) is 6.41 Å². The van der Waals surface area contributed by atoms with Crippen molar-refractivity contribution in [2.45, 2.75) is 12.4 Å². The van der Waals surface area contributed by atoms with Gasteiger partial charge in [-0.1, -0.05) is 48.5 Å². The summed E-state index contributed by atoms with van der Waals surface area (Å²) in [4.78, 5) is 26.5. The van der Waals surface area contributed by atoms with Gasteiger partial charge < -0.3 is 5.32 Å². The zero-order valence-corrected chi connectivity index (χ0v) is 21.5. The van der Waals surface area contributed by atoms with E-state index in [9.17, 15) is 35.9 Å². The highest BCUT2D eigenvalue weighted by Crippen LogP contribution is 2.36. The van der Waals surface area contributed by atoms with Gasteiger partial charge in [-0.05, 0) is 82.6 Å². The number of rotatable bonds is 6. The molecule has 10 heteroatoms. The summed E-state index contributed by atoms with van der Waals surface area (Å²) in [6.45, 7) is 0. The van der Waals surface area contributed by atoms with E-state index in [0.29, 0.717) is 17.5 Å². The van der Waals surface area contributed by atoms with Crippen LogP contribution >= 0.6 is 0 Å². The number of nitrogens with zero attached hydrogens (tertiary/aromatic N) is 1. The summed E-state index contributed by atoms with van der Waals surface area (Å²) in [5, 5.41) is 4.26. The Morgan fingerprint density at radius 1 is 0.619 bits per heavy atom. The molecule has 0 aromatic heterocycles. The first-order chi connectivity index (χ1) is 19.9. The minimum absolute atomic E-state index is 0.0353. The number of halogens is 6. The van der Waals surface area contributed by atoms with Crippen LogP contribution in [-0.2, 0) is 17.1 Å². The number of hydrogen-bond acceptors (Lipinski definition) is 2. The summed E-state index contributed by atoms with van der Waals surface area (Å²) in [6, 6.07) is 25.5. The molecule has 0 aliphatic rings. The Hall–Kier alpha value is -5.12. The molecule has 0 fully saturated rings. The lowest BCUT2D eigenvalue weighted by Crippen LogP contribution is -2.18. The number of carbonyl (C=O) groups is 2. The van der Waals surface area contributed by atoms with E-state index in [2.05, 4.69) is 5.32 Å². The smallest absolute Gasteiger partial charge is 0.322 e. The minimum atomic E-state index is -4.66. The molecule has 0 aliphatic carbocycles. The molecule has 0 bridgehead atoms. The number of carbonyl (C=O) groups excluding carboxylic acids is 2. The van der Waals surface area contributed by atoms with Crippen molar-refractivity contribution in [2.75, 3.05) is 10.2 Å². The first kappa shape index (κ1) is 28.4. The van der Waals surface area contributed by atoms with Gasteiger partial charge in [0.1, 0.15) is 0 Å². The van der Waals surface area contributed by atoms with Crippen molar-refractivity contribution in [1.29, 1.82) is 0 Å². The van der Waals surface area contributed by atoms with E-state index in [1.807, 2.05) is 36.4 Å². The summed E-state index contributed by atoms with van der Waals surface area (Å²) in [7, 11) is 0. The number of amides is 2. The van der Waals surface area contributed by atoms with Crippen molar-refractivity contribution in [2.24, 2.45) is 0 Å². The summed E-state index contributed by atoms with van der Waals surface area (Å²) in [6.07, 6.45) is -8.96. The van der Waals surface area contributed by atoms with Gasteiger partial charge in [0, 0.05) is 16.9 Å². The Labute approximate surface area is 235 Å². The SMILES string of the molecule is O=CN(c1cc(C(=O)Nc2cccc(C(F)(F)F)c2)cc(-c2ccc3ccccc3c2)c1)c1cccc(C(F)(F)F)c1. The maximum atomic E-state index is 13.4. The first-order valence-corrected chi connectivity index (χ1v) is 12.5. The molecule has 0 spiro atoms. The Balaban J connectivity index is 1.61. The molecule has 0 atom stereocenters. The van der Waals surface area contributed by atoms with Crippen LogP contribution in [-0.4, -0.2) is 12.3 Å². The third kappa shape index (κ3) is 6.12. The van der Waals surface area contributed by atoms with Crippen molar-refractivity contribution in [3.8, 4) is 11.1 Å². The molecule has 42 heavy (non-hydrogen) atoms. The second-order valence-electron chi connectivity index (χ2n) is 9.39. The largest absolute Gasteiger partial charge is 0.416 e. The number of hydrogen-bond donors (Lipinski definition) is 1. The van der Waals surface area contributed by atoms with Crippen LogP contribution in [0.5, 0.6) is 0 Å². The molecule has 5 aromatic carbocycles. The summed E-state index contributed by atoms with van der Waals surface area (Å²) in [5.74, 6) is -0.784. The topological polar surface area (TPSA) is 49.4 Å². The molecule has 0 radical (unpaired) electrons. The van der Waals surface area contributed by atoms with Crippen LogP contribution < -0.4 is 10.2 Å². The van der Waals surface area contributed by atoms with Crippen LogP contribution in [0.2, 0.25) is 0 Å². The van der Waals surface area contributed by atoms with Gasteiger partial charge >= 0.3 is 12.4 Å².